The molecule has 18 heavy (non-hydrogen) atoms. The van der Waals surface area contributed by atoms with Crippen LogP contribution in [-0.4, -0.2) is 12.0 Å². The van der Waals surface area contributed by atoms with E-state index in [2.05, 4.69) is 11.1 Å². The molecule has 0 radical (unpaired) electrons. The van der Waals surface area contributed by atoms with Gasteiger partial charge in [0.2, 0.25) is 0 Å². The summed E-state index contributed by atoms with van der Waals surface area (Å²) in [6, 6.07) is 12.2. The predicted molar refractivity (Wildman–Crippen MR) is 72.9 cm³/mol. The molecular weight excluding hydrogens is 222 g/mol. The smallest absolute Gasteiger partial charge is 0.150 e. The van der Waals surface area contributed by atoms with Crippen molar-refractivity contribution in [2.24, 2.45) is 0 Å². The van der Waals surface area contributed by atoms with Crippen molar-refractivity contribution >= 4 is 11.5 Å². The van der Waals surface area contributed by atoms with Crippen molar-refractivity contribution in [3.05, 3.63) is 53.2 Å². The highest BCUT2D eigenvalue weighted by molar-refractivity contribution is 5.68. The van der Waals surface area contributed by atoms with E-state index in [-0.39, 0.29) is 0 Å². The molecule has 0 saturated heterocycles. The van der Waals surface area contributed by atoms with Crippen LogP contribution in [0, 0.1) is 25.2 Å². The molecule has 90 valence electrons. The number of rotatable bonds is 2. The van der Waals surface area contributed by atoms with E-state index in [4.69, 9.17) is 0 Å². The minimum atomic E-state index is 0.628. The summed E-state index contributed by atoms with van der Waals surface area (Å²) in [7, 11) is 1.94. The van der Waals surface area contributed by atoms with Gasteiger partial charge in [-0.15, -0.1) is 0 Å². The van der Waals surface area contributed by atoms with Gasteiger partial charge in [0, 0.05) is 18.9 Å². The van der Waals surface area contributed by atoms with Crippen molar-refractivity contribution in [3.63, 3.8) is 0 Å². The third-order valence-corrected chi connectivity index (χ3v) is 3.05. The van der Waals surface area contributed by atoms with Crippen LogP contribution in [0.3, 0.4) is 0 Å². The highest BCUT2D eigenvalue weighted by atomic mass is 15.2. The Morgan fingerprint density at radius 3 is 2.50 bits per heavy atom. The maximum Gasteiger partial charge on any atom is 0.150 e. The fourth-order valence-corrected chi connectivity index (χ4v) is 1.99. The average Bonchev–Trinajstić information content (AvgIpc) is 2.38. The Labute approximate surface area is 107 Å². The Morgan fingerprint density at radius 2 is 1.83 bits per heavy atom. The van der Waals surface area contributed by atoms with Crippen molar-refractivity contribution in [2.45, 2.75) is 13.8 Å². The van der Waals surface area contributed by atoms with Crippen LogP contribution < -0.4 is 4.90 Å². The second-order valence-electron chi connectivity index (χ2n) is 4.28. The third-order valence-electron chi connectivity index (χ3n) is 3.05. The van der Waals surface area contributed by atoms with Gasteiger partial charge >= 0.3 is 0 Å². The molecule has 3 heteroatoms. The standard InChI is InChI=1S/C15H15N3/c1-11-8-9-17-15(13(11)10-16)18(3)14-7-5-4-6-12(14)2/h4-9H,1-3H3. The molecule has 1 heterocycles. The van der Waals surface area contributed by atoms with Gasteiger partial charge in [-0.25, -0.2) is 4.98 Å². The summed E-state index contributed by atoms with van der Waals surface area (Å²) in [4.78, 5) is 6.29. The van der Waals surface area contributed by atoms with Gasteiger partial charge in [-0.3, -0.25) is 0 Å². The first-order chi connectivity index (χ1) is 8.65. The largest absolute Gasteiger partial charge is 0.328 e. The summed E-state index contributed by atoms with van der Waals surface area (Å²) >= 11 is 0. The average molecular weight is 237 g/mol. The second kappa shape index (κ2) is 4.89. The fourth-order valence-electron chi connectivity index (χ4n) is 1.99. The molecule has 0 spiro atoms. The molecule has 1 aromatic heterocycles. The molecule has 0 amide bonds. The highest BCUT2D eigenvalue weighted by Gasteiger charge is 2.13. The van der Waals surface area contributed by atoms with E-state index in [9.17, 15) is 5.26 Å². The Balaban J connectivity index is 2.54. The molecule has 0 unspecified atom stereocenters. The first-order valence-electron chi connectivity index (χ1n) is 5.80. The van der Waals surface area contributed by atoms with Gasteiger partial charge in [0.25, 0.3) is 0 Å². The van der Waals surface area contributed by atoms with Crippen molar-refractivity contribution < 1.29 is 0 Å². The molecule has 0 aliphatic heterocycles. The summed E-state index contributed by atoms with van der Waals surface area (Å²) in [6.45, 7) is 3.98. The number of para-hydroxylation sites is 1. The van der Waals surface area contributed by atoms with Crippen LogP contribution in [0.15, 0.2) is 36.5 Å². The Hall–Kier alpha value is -2.34. The monoisotopic (exact) mass is 237 g/mol. The second-order valence-corrected chi connectivity index (χ2v) is 4.28. The molecule has 3 nitrogen and oxygen atoms in total. The number of hydrogen-bond acceptors (Lipinski definition) is 3. The van der Waals surface area contributed by atoms with E-state index in [1.54, 1.807) is 6.20 Å². The van der Waals surface area contributed by atoms with Crippen molar-refractivity contribution in [3.8, 4) is 6.07 Å². The van der Waals surface area contributed by atoms with E-state index in [0.717, 1.165) is 16.8 Å². The van der Waals surface area contributed by atoms with Crippen LogP contribution in [0.2, 0.25) is 0 Å². The Bertz CT molecular complexity index is 611. The topological polar surface area (TPSA) is 39.9 Å². The van der Waals surface area contributed by atoms with Crippen LogP contribution >= 0.6 is 0 Å². The van der Waals surface area contributed by atoms with Crippen LogP contribution in [0.1, 0.15) is 16.7 Å². The molecule has 0 aliphatic rings. The molecule has 0 atom stereocenters. The van der Waals surface area contributed by atoms with E-state index in [0.29, 0.717) is 11.4 Å². The maximum atomic E-state index is 9.25. The quantitative estimate of drug-likeness (QED) is 0.804. The zero-order valence-electron chi connectivity index (χ0n) is 10.8. The summed E-state index contributed by atoms with van der Waals surface area (Å²) in [5.41, 5.74) is 3.80. The number of benzene rings is 1. The molecular formula is C15H15N3. The third kappa shape index (κ3) is 2.05. The molecule has 2 rings (SSSR count). The zero-order chi connectivity index (χ0) is 13.1. The number of aryl methyl sites for hydroxylation is 2. The number of anilines is 2. The van der Waals surface area contributed by atoms with Gasteiger partial charge in [0.05, 0.1) is 5.56 Å². The molecule has 1 aromatic carbocycles. The van der Waals surface area contributed by atoms with Crippen LogP contribution in [0.25, 0.3) is 0 Å². The van der Waals surface area contributed by atoms with Crippen molar-refractivity contribution in [1.82, 2.24) is 4.98 Å². The molecule has 2 aromatic rings. The van der Waals surface area contributed by atoms with Crippen LogP contribution in [0.4, 0.5) is 11.5 Å². The van der Waals surface area contributed by atoms with E-state index in [1.165, 1.54) is 0 Å². The zero-order valence-corrected chi connectivity index (χ0v) is 10.8. The number of nitrogens with zero attached hydrogens (tertiary/aromatic N) is 3. The minimum Gasteiger partial charge on any atom is -0.328 e. The van der Waals surface area contributed by atoms with Crippen molar-refractivity contribution in [1.29, 1.82) is 5.26 Å². The lowest BCUT2D eigenvalue weighted by molar-refractivity contribution is 1.09. The van der Waals surface area contributed by atoms with Crippen LogP contribution in [-0.2, 0) is 0 Å². The maximum absolute atomic E-state index is 9.25. The van der Waals surface area contributed by atoms with E-state index < -0.39 is 0 Å². The number of hydrogen-bond donors (Lipinski definition) is 0. The van der Waals surface area contributed by atoms with Crippen molar-refractivity contribution in [2.75, 3.05) is 11.9 Å². The van der Waals surface area contributed by atoms with Gasteiger partial charge in [-0.2, -0.15) is 5.26 Å². The number of aromatic nitrogens is 1. The van der Waals surface area contributed by atoms with Gasteiger partial charge in [-0.05, 0) is 37.1 Å². The SMILES string of the molecule is Cc1ccccc1N(C)c1nccc(C)c1C#N. The Kier molecular flexibility index (Phi) is 3.29. The first-order valence-corrected chi connectivity index (χ1v) is 5.80. The molecule has 0 saturated carbocycles. The Morgan fingerprint density at radius 1 is 1.11 bits per heavy atom. The number of pyridine rings is 1. The minimum absolute atomic E-state index is 0.628. The molecule has 0 aliphatic carbocycles. The summed E-state index contributed by atoms with van der Waals surface area (Å²) in [5.74, 6) is 0.701. The summed E-state index contributed by atoms with van der Waals surface area (Å²) in [5, 5.41) is 9.25. The van der Waals surface area contributed by atoms with Gasteiger partial charge < -0.3 is 4.90 Å². The van der Waals surface area contributed by atoms with E-state index >= 15 is 0 Å². The van der Waals surface area contributed by atoms with Crippen LogP contribution in [0.5, 0.6) is 0 Å². The fraction of sp³-hybridized carbons (Fsp3) is 0.200. The lowest BCUT2D eigenvalue weighted by Crippen LogP contribution is -2.14. The highest BCUT2D eigenvalue weighted by Crippen LogP contribution is 2.28. The van der Waals surface area contributed by atoms with Gasteiger partial charge in [-0.1, -0.05) is 18.2 Å². The molecule has 0 N–H and O–H groups in total. The summed E-state index contributed by atoms with van der Waals surface area (Å²) in [6.07, 6.45) is 1.74. The molecule has 0 bridgehead atoms. The predicted octanol–water partition coefficient (Wildman–Crippen LogP) is 3.34. The van der Waals surface area contributed by atoms with Gasteiger partial charge in [0.1, 0.15) is 6.07 Å². The van der Waals surface area contributed by atoms with E-state index in [1.807, 2.05) is 56.1 Å². The summed E-state index contributed by atoms with van der Waals surface area (Å²) < 4.78 is 0. The first kappa shape index (κ1) is 12.1. The molecule has 0 fully saturated rings. The normalized spacial score (nSPS) is 9.89. The lowest BCUT2D eigenvalue weighted by Gasteiger charge is -2.21. The van der Waals surface area contributed by atoms with Gasteiger partial charge in [0.15, 0.2) is 5.82 Å². The lowest BCUT2D eigenvalue weighted by atomic mass is 10.1. The number of nitriles is 1.